The van der Waals surface area contributed by atoms with E-state index in [9.17, 15) is 0 Å². The molecule has 0 atom stereocenters. The molecule has 0 fully saturated rings. The molecule has 0 unspecified atom stereocenters. The minimum atomic E-state index is 0.230. The van der Waals surface area contributed by atoms with Gasteiger partial charge in [0.05, 0.1) is 0 Å². The maximum atomic E-state index is 8.82. The lowest BCUT2D eigenvalue weighted by Gasteiger charge is -2.21. The van der Waals surface area contributed by atoms with E-state index in [0.717, 1.165) is 31.9 Å². The summed E-state index contributed by atoms with van der Waals surface area (Å²) in [6, 6.07) is 4.12. The minimum Gasteiger partial charge on any atom is -0.396 e. The molecule has 2 N–H and O–H groups in total. The number of hydrogen-bond donors (Lipinski definition) is 2. The van der Waals surface area contributed by atoms with Crippen LogP contribution >= 0.6 is 0 Å². The van der Waals surface area contributed by atoms with Gasteiger partial charge >= 0.3 is 0 Å². The molecule has 0 amide bonds. The fourth-order valence-electron chi connectivity index (χ4n) is 1.61. The zero-order valence-electron chi connectivity index (χ0n) is 10.1. The van der Waals surface area contributed by atoms with Crippen LogP contribution in [0.3, 0.4) is 0 Å². The fraction of sp³-hybridized carbons (Fsp3) is 0.583. The van der Waals surface area contributed by atoms with Gasteiger partial charge in [0.2, 0.25) is 0 Å². The van der Waals surface area contributed by atoms with Crippen molar-refractivity contribution in [3.63, 3.8) is 0 Å². The number of aliphatic hydroxyl groups excluding tert-OH is 1. The van der Waals surface area contributed by atoms with Crippen molar-refractivity contribution in [3.8, 4) is 0 Å². The van der Waals surface area contributed by atoms with Gasteiger partial charge in [0.15, 0.2) is 0 Å². The first-order valence-electron chi connectivity index (χ1n) is 5.77. The van der Waals surface area contributed by atoms with Gasteiger partial charge in [-0.3, -0.25) is 0 Å². The maximum Gasteiger partial charge on any atom is 0.128 e. The first-order valence-corrected chi connectivity index (χ1v) is 5.77. The predicted octanol–water partition coefficient (Wildman–Crippen LogP) is 1.01. The third-order valence-electron chi connectivity index (χ3n) is 2.48. The summed E-state index contributed by atoms with van der Waals surface area (Å²) >= 11 is 0. The van der Waals surface area contributed by atoms with Crippen molar-refractivity contribution in [1.82, 2.24) is 10.3 Å². The first kappa shape index (κ1) is 12.9. The minimum absolute atomic E-state index is 0.230. The van der Waals surface area contributed by atoms with Crippen molar-refractivity contribution in [2.75, 3.05) is 31.6 Å². The monoisotopic (exact) mass is 223 g/mol. The zero-order chi connectivity index (χ0) is 11.8. The number of hydrogen-bond acceptors (Lipinski definition) is 4. The van der Waals surface area contributed by atoms with Crippen LogP contribution in [0.4, 0.5) is 5.82 Å². The largest absolute Gasteiger partial charge is 0.396 e. The van der Waals surface area contributed by atoms with E-state index in [1.54, 1.807) is 0 Å². The van der Waals surface area contributed by atoms with Crippen molar-refractivity contribution in [3.05, 3.63) is 23.9 Å². The molecule has 0 saturated carbocycles. The SMILES string of the molecule is CCN(CCCO)c1ccc(CNC)cn1. The van der Waals surface area contributed by atoms with Crippen molar-refractivity contribution in [1.29, 1.82) is 0 Å². The number of pyridine rings is 1. The van der Waals surface area contributed by atoms with Crippen molar-refractivity contribution >= 4 is 5.82 Å². The first-order chi connectivity index (χ1) is 7.81. The number of rotatable bonds is 7. The Hall–Kier alpha value is -1.13. The van der Waals surface area contributed by atoms with E-state index in [1.165, 1.54) is 5.56 Å². The highest BCUT2D eigenvalue weighted by molar-refractivity contribution is 5.39. The second-order valence-corrected chi connectivity index (χ2v) is 3.71. The number of anilines is 1. The summed E-state index contributed by atoms with van der Waals surface area (Å²) in [5, 5.41) is 11.9. The molecule has 1 rings (SSSR count). The van der Waals surface area contributed by atoms with Gasteiger partial charge in [-0.2, -0.15) is 0 Å². The lowest BCUT2D eigenvalue weighted by Crippen LogP contribution is -2.25. The van der Waals surface area contributed by atoms with Gasteiger partial charge in [0, 0.05) is 32.4 Å². The third-order valence-corrected chi connectivity index (χ3v) is 2.48. The molecule has 0 aliphatic carbocycles. The van der Waals surface area contributed by atoms with E-state index in [1.807, 2.05) is 19.3 Å². The summed E-state index contributed by atoms with van der Waals surface area (Å²) in [7, 11) is 1.92. The highest BCUT2D eigenvalue weighted by Crippen LogP contribution is 2.11. The van der Waals surface area contributed by atoms with E-state index in [4.69, 9.17) is 5.11 Å². The molecule has 4 nitrogen and oxygen atoms in total. The van der Waals surface area contributed by atoms with Gasteiger partial charge in [-0.1, -0.05) is 6.07 Å². The lowest BCUT2D eigenvalue weighted by molar-refractivity contribution is 0.289. The van der Waals surface area contributed by atoms with Crippen molar-refractivity contribution < 1.29 is 5.11 Å². The Bertz CT molecular complexity index is 287. The highest BCUT2D eigenvalue weighted by atomic mass is 16.3. The second kappa shape index (κ2) is 7.19. The van der Waals surface area contributed by atoms with Crippen LogP contribution in [-0.4, -0.2) is 36.8 Å². The average Bonchev–Trinajstić information content (AvgIpc) is 2.32. The number of aromatic nitrogens is 1. The van der Waals surface area contributed by atoms with Crippen LogP contribution in [0.5, 0.6) is 0 Å². The molecular formula is C12H21N3O. The van der Waals surface area contributed by atoms with Gasteiger partial charge in [-0.05, 0) is 32.0 Å². The molecule has 0 aliphatic heterocycles. The number of aliphatic hydroxyl groups is 1. The molecule has 0 aromatic carbocycles. The van der Waals surface area contributed by atoms with E-state index in [2.05, 4.69) is 28.2 Å². The molecule has 4 heteroatoms. The Labute approximate surface area is 97.3 Å². The highest BCUT2D eigenvalue weighted by Gasteiger charge is 2.04. The van der Waals surface area contributed by atoms with Gasteiger partial charge in [-0.15, -0.1) is 0 Å². The maximum absolute atomic E-state index is 8.82. The van der Waals surface area contributed by atoms with E-state index in [0.29, 0.717) is 0 Å². The van der Waals surface area contributed by atoms with Crippen LogP contribution in [0.1, 0.15) is 18.9 Å². The van der Waals surface area contributed by atoms with Crippen LogP contribution in [0.25, 0.3) is 0 Å². The van der Waals surface area contributed by atoms with Crippen LogP contribution < -0.4 is 10.2 Å². The molecule has 1 aromatic rings. The molecule has 1 aromatic heterocycles. The summed E-state index contributed by atoms with van der Waals surface area (Å²) in [5.41, 5.74) is 1.18. The van der Waals surface area contributed by atoms with E-state index >= 15 is 0 Å². The van der Waals surface area contributed by atoms with E-state index < -0.39 is 0 Å². The third kappa shape index (κ3) is 3.79. The molecule has 0 radical (unpaired) electrons. The molecule has 0 aliphatic rings. The van der Waals surface area contributed by atoms with Crippen molar-refractivity contribution in [2.24, 2.45) is 0 Å². The quantitative estimate of drug-likeness (QED) is 0.724. The van der Waals surface area contributed by atoms with E-state index in [-0.39, 0.29) is 6.61 Å². The Kier molecular flexibility index (Phi) is 5.82. The van der Waals surface area contributed by atoms with Crippen LogP contribution in [0.15, 0.2) is 18.3 Å². The summed E-state index contributed by atoms with van der Waals surface area (Å²) in [6.07, 6.45) is 2.68. The zero-order valence-corrected chi connectivity index (χ0v) is 10.1. The van der Waals surface area contributed by atoms with Gasteiger partial charge in [-0.25, -0.2) is 4.98 Å². The van der Waals surface area contributed by atoms with Gasteiger partial charge < -0.3 is 15.3 Å². The summed E-state index contributed by atoms with van der Waals surface area (Å²) < 4.78 is 0. The van der Waals surface area contributed by atoms with Crippen molar-refractivity contribution in [2.45, 2.75) is 19.9 Å². The molecule has 0 bridgehead atoms. The molecule has 0 spiro atoms. The summed E-state index contributed by atoms with van der Waals surface area (Å²) in [6.45, 7) is 4.94. The Morgan fingerprint density at radius 1 is 1.44 bits per heavy atom. The second-order valence-electron chi connectivity index (χ2n) is 3.71. The normalized spacial score (nSPS) is 10.4. The molecule has 0 saturated heterocycles. The Morgan fingerprint density at radius 2 is 2.25 bits per heavy atom. The number of nitrogens with zero attached hydrogens (tertiary/aromatic N) is 2. The van der Waals surface area contributed by atoms with Gasteiger partial charge in [0.25, 0.3) is 0 Å². The molecular weight excluding hydrogens is 202 g/mol. The average molecular weight is 223 g/mol. The topological polar surface area (TPSA) is 48.4 Å². The molecule has 16 heavy (non-hydrogen) atoms. The fourth-order valence-corrected chi connectivity index (χ4v) is 1.61. The smallest absolute Gasteiger partial charge is 0.128 e. The van der Waals surface area contributed by atoms with Crippen LogP contribution in [0.2, 0.25) is 0 Å². The Balaban J connectivity index is 2.62. The lowest BCUT2D eigenvalue weighted by atomic mass is 10.2. The molecule has 1 heterocycles. The molecule has 90 valence electrons. The van der Waals surface area contributed by atoms with Crippen LogP contribution in [0, 0.1) is 0 Å². The Morgan fingerprint density at radius 3 is 2.75 bits per heavy atom. The summed E-state index contributed by atoms with van der Waals surface area (Å²) in [4.78, 5) is 6.59. The standard InChI is InChI=1S/C12H21N3O/c1-3-15(7-4-8-16)12-6-5-11(9-13-2)10-14-12/h5-6,10,13,16H,3-4,7-9H2,1-2H3. The predicted molar refractivity (Wildman–Crippen MR) is 66.6 cm³/mol. The van der Waals surface area contributed by atoms with Crippen LogP contribution in [-0.2, 0) is 6.54 Å². The number of nitrogens with one attached hydrogen (secondary N) is 1. The van der Waals surface area contributed by atoms with Gasteiger partial charge in [0.1, 0.15) is 5.82 Å². The summed E-state index contributed by atoms with van der Waals surface area (Å²) in [5.74, 6) is 0.982.